The van der Waals surface area contributed by atoms with E-state index in [0.29, 0.717) is 23.5 Å². The molecule has 170 valence electrons. The summed E-state index contributed by atoms with van der Waals surface area (Å²) in [5.74, 6) is 0.196. The number of rotatable bonds is 3. The zero-order valence-corrected chi connectivity index (χ0v) is 18.7. The van der Waals surface area contributed by atoms with Gasteiger partial charge in [0.1, 0.15) is 5.82 Å². The number of piperidine rings is 1. The molecule has 2 aromatic carbocycles. The fourth-order valence-electron chi connectivity index (χ4n) is 5.16. The molecule has 2 amide bonds. The lowest BCUT2D eigenvalue weighted by atomic mass is 9.74. The number of carbonyl (C=O) groups excluding carboxylic acids is 2. The fraction of sp³-hybridized carbons (Fsp3) is 0.222. The van der Waals surface area contributed by atoms with Crippen molar-refractivity contribution in [1.82, 2.24) is 20.6 Å². The van der Waals surface area contributed by atoms with Gasteiger partial charge in [0.05, 0.1) is 5.56 Å². The lowest BCUT2D eigenvalue weighted by molar-refractivity contribution is 0.0915. The molecule has 4 N–H and O–H groups in total. The lowest BCUT2D eigenvalue weighted by Crippen LogP contribution is -2.54. The summed E-state index contributed by atoms with van der Waals surface area (Å²) < 4.78 is 0. The topological polar surface area (TPSA) is 98.9 Å². The first kappa shape index (κ1) is 20.6. The maximum absolute atomic E-state index is 12.9. The molecule has 2 aromatic heterocycles. The minimum atomic E-state index is -0.215. The van der Waals surface area contributed by atoms with Gasteiger partial charge in [-0.2, -0.15) is 0 Å². The third-order valence-corrected chi connectivity index (χ3v) is 6.98. The predicted molar refractivity (Wildman–Crippen MR) is 132 cm³/mol. The molecule has 1 saturated heterocycles. The van der Waals surface area contributed by atoms with Crippen LogP contribution in [0.15, 0.2) is 66.9 Å². The molecule has 0 radical (unpaired) electrons. The molecule has 4 aromatic rings. The SMILES string of the molecule is O=C(Nc1cc(-c2cc3c([nH]2)[C@]2(CCCNC2)CNC3=O)ccn1)c1ccc2ccccc2c1. The summed E-state index contributed by atoms with van der Waals surface area (Å²) in [7, 11) is 0. The molecular weight excluding hydrogens is 426 g/mol. The van der Waals surface area contributed by atoms with Gasteiger partial charge in [0, 0.05) is 47.2 Å². The van der Waals surface area contributed by atoms with Crippen LogP contribution in [0.5, 0.6) is 0 Å². The fourth-order valence-corrected chi connectivity index (χ4v) is 5.16. The van der Waals surface area contributed by atoms with Gasteiger partial charge in [-0.25, -0.2) is 4.98 Å². The Hall–Kier alpha value is -3.97. The number of nitrogens with zero attached hydrogens (tertiary/aromatic N) is 1. The predicted octanol–water partition coefficient (Wildman–Crippen LogP) is 3.85. The summed E-state index contributed by atoms with van der Waals surface area (Å²) in [6.07, 6.45) is 3.77. The van der Waals surface area contributed by atoms with E-state index in [-0.39, 0.29) is 17.2 Å². The Bertz CT molecular complexity index is 1420. The summed E-state index contributed by atoms with van der Waals surface area (Å²) in [5.41, 5.74) is 3.87. The van der Waals surface area contributed by atoms with Crippen LogP contribution in [0.2, 0.25) is 0 Å². The van der Waals surface area contributed by atoms with E-state index >= 15 is 0 Å². The Morgan fingerprint density at radius 2 is 1.88 bits per heavy atom. The van der Waals surface area contributed by atoms with Gasteiger partial charge in [0.2, 0.25) is 0 Å². The van der Waals surface area contributed by atoms with Crippen molar-refractivity contribution >= 4 is 28.4 Å². The van der Waals surface area contributed by atoms with Crippen molar-refractivity contribution in [3.05, 3.63) is 83.7 Å². The summed E-state index contributed by atoms with van der Waals surface area (Å²) in [6, 6.07) is 19.2. The maximum atomic E-state index is 12.9. The van der Waals surface area contributed by atoms with E-state index in [0.717, 1.165) is 53.7 Å². The summed E-state index contributed by atoms with van der Waals surface area (Å²) in [4.78, 5) is 33.4. The van der Waals surface area contributed by atoms with Crippen LogP contribution in [0.4, 0.5) is 5.82 Å². The molecule has 6 rings (SSSR count). The van der Waals surface area contributed by atoms with Crippen molar-refractivity contribution in [2.75, 3.05) is 25.0 Å². The van der Waals surface area contributed by atoms with Crippen LogP contribution in [0, 0.1) is 0 Å². The zero-order chi connectivity index (χ0) is 23.1. The summed E-state index contributed by atoms with van der Waals surface area (Å²) >= 11 is 0. The van der Waals surface area contributed by atoms with Crippen LogP contribution < -0.4 is 16.0 Å². The molecule has 1 fully saturated rings. The Kier molecular flexibility index (Phi) is 4.92. The molecule has 34 heavy (non-hydrogen) atoms. The molecule has 1 atom stereocenters. The molecule has 2 aliphatic rings. The number of carbonyl (C=O) groups is 2. The number of H-pyrrole nitrogens is 1. The van der Waals surface area contributed by atoms with Gasteiger partial charge in [-0.3, -0.25) is 9.59 Å². The van der Waals surface area contributed by atoms with Crippen molar-refractivity contribution in [1.29, 1.82) is 0 Å². The highest BCUT2D eigenvalue weighted by Gasteiger charge is 2.42. The third kappa shape index (κ3) is 3.54. The summed E-state index contributed by atoms with van der Waals surface area (Å²) in [6.45, 7) is 2.47. The number of benzene rings is 2. The first-order valence-corrected chi connectivity index (χ1v) is 11.6. The second kappa shape index (κ2) is 8.11. The standard InChI is InChI=1S/C27H25N5O2/c33-25(20-7-6-17-4-1-2-5-18(17)12-20)32-23-13-19(8-11-29-23)22-14-21-24(31-22)27(16-30-26(21)34)9-3-10-28-15-27/h1-2,4-8,11-14,28,31H,3,9-10,15-16H2,(H,30,34)(H,29,32,33)/t27-/m0/s1. The van der Waals surface area contributed by atoms with Gasteiger partial charge in [0.15, 0.2) is 0 Å². The van der Waals surface area contributed by atoms with Crippen LogP contribution in [0.25, 0.3) is 22.0 Å². The van der Waals surface area contributed by atoms with Crippen molar-refractivity contribution in [2.45, 2.75) is 18.3 Å². The highest BCUT2D eigenvalue weighted by atomic mass is 16.2. The number of nitrogens with one attached hydrogen (secondary N) is 4. The quantitative estimate of drug-likeness (QED) is 0.380. The number of hydrogen-bond acceptors (Lipinski definition) is 4. The van der Waals surface area contributed by atoms with E-state index in [9.17, 15) is 9.59 Å². The molecule has 0 aliphatic carbocycles. The third-order valence-electron chi connectivity index (χ3n) is 6.98. The van der Waals surface area contributed by atoms with Crippen LogP contribution in [0.3, 0.4) is 0 Å². The van der Waals surface area contributed by atoms with E-state index < -0.39 is 0 Å². The normalized spacial score (nSPS) is 19.6. The second-order valence-corrected chi connectivity index (χ2v) is 9.16. The molecule has 7 heteroatoms. The highest BCUT2D eigenvalue weighted by Crippen LogP contribution is 2.37. The minimum absolute atomic E-state index is 0.0485. The molecule has 2 aliphatic heterocycles. The molecule has 0 saturated carbocycles. The number of aromatic amines is 1. The van der Waals surface area contributed by atoms with Gasteiger partial charge >= 0.3 is 0 Å². The van der Waals surface area contributed by atoms with Crippen LogP contribution in [-0.4, -0.2) is 41.4 Å². The van der Waals surface area contributed by atoms with Gasteiger partial charge in [-0.05, 0) is 60.5 Å². The number of hydrogen-bond donors (Lipinski definition) is 4. The Morgan fingerprint density at radius 3 is 2.74 bits per heavy atom. The first-order valence-electron chi connectivity index (χ1n) is 11.6. The second-order valence-electron chi connectivity index (χ2n) is 9.16. The number of fused-ring (bicyclic) bond motifs is 3. The van der Waals surface area contributed by atoms with Crippen molar-refractivity contribution < 1.29 is 9.59 Å². The van der Waals surface area contributed by atoms with Crippen LogP contribution >= 0.6 is 0 Å². The number of pyridine rings is 1. The van der Waals surface area contributed by atoms with Crippen molar-refractivity contribution in [3.63, 3.8) is 0 Å². The van der Waals surface area contributed by atoms with Gasteiger partial charge in [0.25, 0.3) is 11.8 Å². The summed E-state index contributed by atoms with van der Waals surface area (Å²) in [5, 5.41) is 11.5. The van der Waals surface area contributed by atoms with Gasteiger partial charge in [-0.1, -0.05) is 30.3 Å². The Morgan fingerprint density at radius 1 is 1.00 bits per heavy atom. The monoisotopic (exact) mass is 451 g/mol. The van der Waals surface area contributed by atoms with E-state index in [4.69, 9.17) is 0 Å². The highest BCUT2D eigenvalue weighted by molar-refractivity contribution is 6.06. The largest absolute Gasteiger partial charge is 0.357 e. The van der Waals surface area contributed by atoms with Crippen molar-refractivity contribution in [3.8, 4) is 11.3 Å². The average Bonchev–Trinajstić information content (AvgIpc) is 3.35. The molecule has 7 nitrogen and oxygen atoms in total. The molecule has 0 bridgehead atoms. The molecular formula is C27H25N5O2. The number of aromatic nitrogens is 2. The number of amides is 2. The molecule has 0 unspecified atom stereocenters. The maximum Gasteiger partial charge on any atom is 0.256 e. The molecule has 4 heterocycles. The van der Waals surface area contributed by atoms with Gasteiger partial charge in [-0.15, -0.1) is 0 Å². The van der Waals surface area contributed by atoms with Crippen molar-refractivity contribution in [2.24, 2.45) is 0 Å². The minimum Gasteiger partial charge on any atom is -0.357 e. The smallest absolute Gasteiger partial charge is 0.256 e. The van der Waals surface area contributed by atoms with E-state index in [2.05, 4.69) is 25.9 Å². The molecule has 1 spiro atoms. The van der Waals surface area contributed by atoms with Crippen LogP contribution in [-0.2, 0) is 5.41 Å². The van der Waals surface area contributed by atoms with E-state index in [1.54, 1.807) is 6.20 Å². The van der Waals surface area contributed by atoms with E-state index in [1.165, 1.54) is 0 Å². The lowest BCUT2D eigenvalue weighted by Gasteiger charge is -2.40. The average molecular weight is 452 g/mol. The Labute approximate surface area is 197 Å². The van der Waals surface area contributed by atoms with Crippen LogP contribution in [0.1, 0.15) is 39.3 Å². The van der Waals surface area contributed by atoms with Gasteiger partial charge < -0.3 is 20.9 Å². The first-order chi connectivity index (χ1) is 16.6. The zero-order valence-electron chi connectivity index (χ0n) is 18.7. The Balaban J connectivity index is 1.29. The van der Waals surface area contributed by atoms with E-state index in [1.807, 2.05) is 60.7 Å². The number of anilines is 1.